The summed E-state index contributed by atoms with van der Waals surface area (Å²) in [6.07, 6.45) is 2.45. The van der Waals surface area contributed by atoms with Crippen LogP contribution in [0.25, 0.3) is 28.5 Å². The normalized spacial score (nSPS) is 12.1. The highest BCUT2D eigenvalue weighted by Gasteiger charge is 2.26. The molecular formula is C30H27Cl3N4O2. The summed E-state index contributed by atoms with van der Waals surface area (Å²) in [4.78, 5) is 0. The molecule has 9 heteroatoms. The Bertz CT molecular complexity index is 1550. The molecular weight excluding hydrogens is 555 g/mol. The van der Waals surface area contributed by atoms with E-state index < -0.39 is 0 Å². The number of hydrogen-bond acceptors (Lipinski definition) is 5. The number of hydrogen-bond donors (Lipinski definition) is 0. The first-order chi connectivity index (χ1) is 18.9. The molecule has 0 saturated heterocycles. The van der Waals surface area contributed by atoms with Crippen molar-refractivity contribution in [1.29, 1.82) is 0 Å². The van der Waals surface area contributed by atoms with Gasteiger partial charge >= 0.3 is 0 Å². The number of ether oxygens (including phenoxy) is 1. The van der Waals surface area contributed by atoms with Crippen LogP contribution in [0.4, 0.5) is 0 Å². The molecule has 200 valence electrons. The van der Waals surface area contributed by atoms with Gasteiger partial charge in [-0.15, -0.1) is 10.2 Å². The Morgan fingerprint density at radius 2 is 1.67 bits per heavy atom. The molecule has 0 fully saturated rings. The first-order valence-corrected chi connectivity index (χ1v) is 13.9. The van der Waals surface area contributed by atoms with Crippen LogP contribution in [0.2, 0.25) is 15.1 Å². The van der Waals surface area contributed by atoms with Crippen LogP contribution in [0.5, 0.6) is 0 Å². The molecule has 0 aliphatic carbocycles. The van der Waals surface area contributed by atoms with E-state index in [2.05, 4.69) is 17.1 Å². The molecule has 0 amide bonds. The molecule has 0 N–H and O–H groups in total. The lowest BCUT2D eigenvalue weighted by atomic mass is 10.1. The van der Waals surface area contributed by atoms with Gasteiger partial charge in [0.15, 0.2) is 5.69 Å². The summed E-state index contributed by atoms with van der Waals surface area (Å²) in [6, 6.07) is 22.9. The molecule has 0 spiro atoms. The van der Waals surface area contributed by atoms with Gasteiger partial charge in [-0.25, -0.2) is 4.68 Å². The highest BCUT2D eigenvalue weighted by atomic mass is 35.5. The number of rotatable bonds is 10. The molecule has 0 bridgehead atoms. The van der Waals surface area contributed by atoms with Crippen LogP contribution in [0.15, 0.2) is 77.2 Å². The summed E-state index contributed by atoms with van der Waals surface area (Å²) in [5.41, 5.74) is 4.91. The molecule has 5 rings (SSSR count). The number of benzene rings is 3. The van der Waals surface area contributed by atoms with Crippen molar-refractivity contribution in [2.24, 2.45) is 0 Å². The van der Waals surface area contributed by atoms with E-state index in [9.17, 15) is 0 Å². The minimum absolute atomic E-state index is 0.311. The summed E-state index contributed by atoms with van der Waals surface area (Å²) in [5, 5.41) is 15.3. The fourth-order valence-corrected chi connectivity index (χ4v) is 4.99. The lowest BCUT2D eigenvalue weighted by molar-refractivity contribution is 0.0150. The lowest BCUT2D eigenvalue weighted by Gasteiger charge is -2.14. The van der Waals surface area contributed by atoms with Crippen molar-refractivity contribution < 1.29 is 9.15 Å². The predicted molar refractivity (Wildman–Crippen MR) is 156 cm³/mol. The van der Waals surface area contributed by atoms with Crippen molar-refractivity contribution in [2.75, 3.05) is 0 Å². The van der Waals surface area contributed by atoms with Gasteiger partial charge in [-0.2, -0.15) is 5.10 Å². The SMILES string of the molecule is CCCCC(OCc1ccccc1)c1nnc(-c2nn(-c3ccc(Cl)cc3Cl)c(-c3ccc(Cl)cc3)c2C)o1. The Morgan fingerprint density at radius 3 is 2.38 bits per heavy atom. The number of nitrogens with zero attached hydrogens (tertiary/aromatic N) is 4. The third-order valence-electron chi connectivity index (χ3n) is 6.41. The van der Waals surface area contributed by atoms with Gasteiger partial charge < -0.3 is 9.15 Å². The smallest absolute Gasteiger partial charge is 0.268 e. The number of unbranched alkanes of at least 4 members (excludes halogenated alkanes) is 1. The van der Waals surface area contributed by atoms with E-state index in [-0.39, 0.29) is 6.10 Å². The monoisotopic (exact) mass is 580 g/mol. The molecule has 0 aliphatic rings. The maximum absolute atomic E-state index is 6.60. The van der Waals surface area contributed by atoms with Gasteiger partial charge in [-0.05, 0) is 49.2 Å². The van der Waals surface area contributed by atoms with Crippen LogP contribution in [-0.2, 0) is 11.3 Å². The van der Waals surface area contributed by atoms with Crippen LogP contribution >= 0.6 is 34.8 Å². The molecule has 39 heavy (non-hydrogen) atoms. The molecule has 1 atom stereocenters. The molecule has 2 aromatic heterocycles. The van der Waals surface area contributed by atoms with Gasteiger partial charge in [-0.3, -0.25) is 0 Å². The van der Waals surface area contributed by atoms with Crippen molar-refractivity contribution in [3.05, 3.63) is 105 Å². The minimum atomic E-state index is -0.324. The second-order valence-corrected chi connectivity index (χ2v) is 10.5. The summed E-state index contributed by atoms with van der Waals surface area (Å²) >= 11 is 18.9. The second-order valence-electron chi connectivity index (χ2n) is 9.21. The Morgan fingerprint density at radius 1 is 0.923 bits per heavy atom. The van der Waals surface area contributed by atoms with E-state index >= 15 is 0 Å². The maximum Gasteiger partial charge on any atom is 0.268 e. The van der Waals surface area contributed by atoms with Gasteiger partial charge in [-0.1, -0.05) is 97.0 Å². The number of halogens is 3. The molecule has 0 radical (unpaired) electrons. The third kappa shape index (κ3) is 6.20. The fraction of sp³-hybridized carbons (Fsp3) is 0.233. The highest BCUT2D eigenvalue weighted by Crippen LogP contribution is 2.37. The summed E-state index contributed by atoms with van der Waals surface area (Å²) in [5.74, 6) is 0.743. The van der Waals surface area contributed by atoms with Crippen LogP contribution < -0.4 is 0 Å². The van der Waals surface area contributed by atoms with Gasteiger partial charge in [0.05, 0.1) is 23.0 Å². The standard InChI is InChI=1S/C30H27Cl3N4O2/c1-3-4-10-26(38-18-20-8-6-5-7-9-20)29-34-35-30(39-29)27-19(2)28(21-11-13-22(31)14-12-21)37(36-27)25-16-15-23(32)17-24(25)33/h5-9,11-17,26H,3-4,10,18H2,1-2H3. The summed E-state index contributed by atoms with van der Waals surface area (Å²) in [6.45, 7) is 4.57. The zero-order valence-corrected chi connectivity index (χ0v) is 23.8. The van der Waals surface area contributed by atoms with Crippen LogP contribution in [0.1, 0.15) is 49.3 Å². The molecule has 0 saturated carbocycles. The van der Waals surface area contributed by atoms with Gasteiger partial charge in [0.1, 0.15) is 6.10 Å². The van der Waals surface area contributed by atoms with Crippen LogP contribution in [0.3, 0.4) is 0 Å². The van der Waals surface area contributed by atoms with E-state index in [0.717, 1.165) is 41.6 Å². The quantitative estimate of drug-likeness (QED) is 0.164. The van der Waals surface area contributed by atoms with Crippen LogP contribution in [-0.4, -0.2) is 20.0 Å². The molecule has 3 aromatic carbocycles. The van der Waals surface area contributed by atoms with E-state index in [1.54, 1.807) is 16.8 Å². The molecule has 5 aromatic rings. The Hall–Kier alpha value is -3.16. The number of aromatic nitrogens is 4. The van der Waals surface area contributed by atoms with Crippen molar-refractivity contribution >= 4 is 34.8 Å². The fourth-order valence-electron chi connectivity index (χ4n) is 4.37. The molecule has 6 nitrogen and oxygen atoms in total. The highest BCUT2D eigenvalue weighted by molar-refractivity contribution is 6.35. The lowest BCUT2D eigenvalue weighted by Crippen LogP contribution is -2.05. The first-order valence-electron chi connectivity index (χ1n) is 12.7. The van der Waals surface area contributed by atoms with E-state index in [4.69, 9.17) is 49.1 Å². The maximum atomic E-state index is 6.60. The van der Waals surface area contributed by atoms with Crippen molar-refractivity contribution in [3.8, 4) is 28.5 Å². The zero-order valence-electron chi connectivity index (χ0n) is 21.6. The Balaban J connectivity index is 1.53. The predicted octanol–water partition coefficient (Wildman–Crippen LogP) is 9.31. The van der Waals surface area contributed by atoms with E-state index in [0.29, 0.717) is 44.8 Å². The summed E-state index contributed by atoms with van der Waals surface area (Å²) < 4.78 is 14.2. The average Bonchev–Trinajstić information content (AvgIpc) is 3.55. The molecule has 2 heterocycles. The Labute approximate surface area is 242 Å². The van der Waals surface area contributed by atoms with Crippen molar-refractivity contribution in [2.45, 2.75) is 45.8 Å². The topological polar surface area (TPSA) is 66.0 Å². The van der Waals surface area contributed by atoms with Crippen molar-refractivity contribution in [1.82, 2.24) is 20.0 Å². The van der Waals surface area contributed by atoms with Gasteiger partial charge in [0.2, 0.25) is 5.89 Å². The van der Waals surface area contributed by atoms with Crippen LogP contribution in [0, 0.1) is 6.92 Å². The van der Waals surface area contributed by atoms with Gasteiger partial charge in [0, 0.05) is 21.2 Å². The Kier molecular flexibility index (Phi) is 8.68. The van der Waals surface area contributed by atoms with Gasteiger partial charge in [0.25, 0.3) is 5.89 Å². The average molecular weight is 582 g/mol. The van der Waals surface area contributed by atoms with Crippen molar-refractivity contribution in [3.63, 3.8) is 0 Å². The largest absolute Gasteiger partial charge is 0.416 e. The first kappa shape index (κ1) is 27.4. The van der Waals surface area contributed by atoms with E-state index in [1.807, 2.05) is 67.6 Å². The zero-order chi connectivity index (χ0) is 27.4. The molecule has 0 aliphatic heterocycles. The van der Waals surface area contributed by atoms with E-state index in [1.165, 1.54) is 0 Å². The second kappa shape index (κ2) is 12.3. The minimum Gasteiger partial charge on any atom is -0.416 e. The summed E-state index contributed by atoms with van der Waals surface area (Å²) in [7, 11) is 0. The third-order valence-corrected chi connectivity index (χ3v) is 7.20. The molecule has 1 unspecified atom stereocenters.